The number of hydrogen-bond donors (Lipinski definition) is 0. The first-order valence-electron chi connectivity index (χ1n) is 12.6. The van der Waals surface area contributed by atoms with Gasteiger partial charge in [0, 0.05) is 5.56 Å². The number of benzene rings is 3. The number of methoxy groups -OCH3 is 1. The normalized spacial score (nSPS) is 14.9. The fraction of sp³-hybridized carbons (Fsp3) is 0.194. The van der Waals surface area contributed by atoms with E-state index in [0.29, 0.717) is 44.3 Å². The molecule has 198 valence electrons. The van der Waals surface area contributed by atoms with Gasteiger partial charge in [0.05, 0.1) is 29.5 Å². The Morgan fingerprint density at radius 3 is 2.59 bits per heavy atom. The fourth-order valence-corrected chi connectivity index (χ4v) is 5.61. The van der Waals surface area contributed by atoms with Gasteiger partial charge in [0.2, 0.25) is 0 Å². The molecule has 0 aliphatic carbocycles. The molecule has 1 aromatic heterocycles. The Hall–Kier alpha value is -4.43. The smallest absolute Gasteiger partial charge is 0.338 e. The number of ether oxygens (including phenoxy) is 3. The average molecular weight is 541 g/mol. The molecule has 1 aliphatic heterocycles. The van der Waals surface area contributed by atoms with Gasteiger partial charge in [0.15, 0.2) is 4.80 Å². The molecule has 0 radical (unpaired) electrons. The number of thiazole rings is 1. The third-order valence-electron chi connectivity index (χ3n) is 6.35. The summed E-state index contributed by atoms with van der Waals surface area (Å²) >= 11 is 1.28. The molecule has 0 spiro atoms. The van der Waals surface area contributed by atoms with Crippen molar-refractivity contribution in [2.24, 2.45) is 4.99 Å². The largest absolute Gasteiger partial charge is 0.496 e. The second kappa shape index (κ2) is 11.5. The zero-order chi connectivity index (χ0) is 27.4. The molecule has 0 amide bonds. The van der Waals surface area contributed by atoms with Crippen LogP contribution in [0.4, 0.5) is 0 Å². The lowest BCUT2D eigenvalue weighted by Gasteiger charge is -2.25. The topological polar surface area (TPSA) is 79.1 Å². The highest BCUT2D eigenvalue weighted by Gasteiger charge is 2.34. The van der Waals surface area contributed by atoms with E-state index in [4.69, 9.17) is 14.2 Å². The molecule has 2 heterocycles. The molecule has 0 saturated heterocycles. The van der Waals surface area contributed by atoms with E-state index in [-0.39, 0.29) is 12.2 Å². The Morgan fingerprint density at radius 1 is 1.05 bits per heavy atom. The van der Waals surface area contributed by atoms with E-state index in [1.54, 1.807) is 25.5 Å². The molecule has 3 aromatic carbocycles. The second-order valence-electron chi connectivity index (χ2n) is 8.89. The molecule has 39 heavy (non-hydrogen) atoms. The Morgan fingerprint density at radius 2 is 1.82 bits per heavy atom. The van der Waals surface area contributed by atoms with Gasteiger partial charge < -0.3 is 14.2 Å². The lowest BCUT2D eigenvalue weighted by molar-refractivity contribution is -0.139. The van der Waals surface area contributed by atoms with E-state index in [1.165, 1.54) is 11.3 Å². The maximum absolute atomic E-state index is 13.9. The number of aromatic nitrogens is 1. The number of rotatable bonds is 8. The van der Waals surface area contributed by atoms with Crippen molar-refractivity contribution in [3.05, 3.63) is 127 Å². The minimum absolute atomic E-state index is 0.210. The van der Waals surface area contributed by atoms with Crippen LogP contribution >= 0.6 is 11.3 Å². The van der Waals surface area contributed by atoms with E-state index in [2.05, 4.69) is 4.99 Å². The number of carbonyl (C=O) groups excluding carboxylic acids is 1. The van der Waals surface area contributed by atoms with Gasteiger partial charge >= 0.3 is 5.97 Å². The van der Waals surface area contributed by atoms with Crippen molar-refractivity contribution in [1.29, 1.82) is 0 Å². The van der Waals surface area contributed by atoms with E-state index >= 15 is 0 Å². The molecule has 0 N–H and O–H groups in total. The standard InChI is InChI=1S/C31H28N2O5S/c1-4-37-30(35)27-20(2)32-31-33(28(27)24-15-8-9-16-25(24)36-3)29(34)26(39-31)18-22-13-10-14-23(17-22)38-19-21-11-6-5-7-12-21/h5-18,28H,4,19H2,1-3H3/b26-18+/t28-/m1/s1. The maximum Gasteiger partial charge on any atom is 0.338 e. The number of nitrogens with zero attached hydrogens (tertiary/aromatic N) is 2. The van der Waals surface area contributed by atoms with Gasteiger partial charge in [-0.15, -0.1) is 0 Å². The third kappa shape index (κ3) is 5.42. The number of para-hydroxylation sites is 1. The molecule has 0 fully saturated rings. The molecule has 5 rings (SSSR count). The molecule has 8 heteroatoms. The summed E-state index contributed by atoms with van der Waals surface area (Å²) in [5.74, 6) is 0.761. The fourth-order valence-electron chi connectivity index (χ4n) is 4.56. The summed E-state index contributed by atoms with van der Waals surface area (Å²) in [4.78, 5) is 32.1. The highest BCUT2D eigenvalue weighted by atomic mass is 32.1. The van der Waals surface area contributed by atoms with E-state index < -0.39 is 12.0 Å². The van der Waals surface area contributed by atoms with E-state index in [1.807, 2.05) is 84.9 Å². The van der Waals surface area contributed by atoms with Crippen LogP contribution in [0, 0.1) is 0 Å². The predicted octanol–water partition coefficient (Wildman–Crippen LogP) is 4.39. The summed E-state index contributed by atoms with van der Waals surface area (Å²) in [6.07, 6.45) is 1.82. The van der Waals surface area contributed by atoms with Crippen molar-refractivity contribution >= 4 is 23.4 Å². The van der Waals surface area contributed by atoms with Crippen molar-refractivity contribution in [2.45, 2.75) is 26.5 Å². The Kier molecular flexibility index (Phi) is 7.74. The van der Waals surface area contributed by atoms with Gasteiger partial charge in [-0.25, -0.2) is 9.79 Å². The molecular weight excluding hydrogens is 512 g/mol. The summed E-state index contributed by atoms with van der Waals surface area (Å²) < 4.78 is 19.0. The summed E-state index contributed by atoms with van der Waals surface area (Å²) in [5, 5.41) is 0. The van der Waals surface area contributed by atoms with Crippen LogP contribution in [0.25, 0.3) is 6.08 Å². The minimum Gasteiger partial charge on any atom is -0.496 e. The van der Waals surface area contributed by atoms with E-state index in [0.717, 1.165) is 11.1 Å². The molecule has 4 aromatic rings. The van der Waals surface area contributed by atoms with Crippen molar-refractivity contribution < 1.29 is 19.0 Å². The van der Waals surface area contributed by atoms with Gasteiger partial charge in [-0.1, -0.05) is 72.0 Å². The molecule has 1 aliphatic rings. The Balaban J connectivity index is 1.58. The van der Waals surface area contributed by atoms with Crippen molar-refractivity contribution in [2.75, 3.05) is 13.7 Å². The number of allylic oxidation sites excluding steroid dienone is 1. The number of carbonyl (C=O) groups is 1. The van der Waals surface area contributed by atoms with Crippen LogP contribution in [0.1, 0.15) is 36.6 Å². The van der Waals surface area contributed by atoms with Crippen LogP contribution < -0.4 is 24.4 Å². The average Bonchev–Trinajstić information content (AvgIpc) is 3.25. The zero-order valence-corrected chi connectivity index (χ0v) is 22.7. The van der Waals surface area contributed by atoms with Gasteiger partial charge in [0.1, 0.15) is 24.1 Å². The van der Waals surface area contributed by atoms with Crippen LogP contribution in [-0.4, -0.2) is 24.3 Å². The minimum atomic E-state index is -0.737. The van der Waals surface area contributed by atoms with Crippen molar-refractivity contribution in [1.82, 2.24) is 4.57 Å². The lowest BCUT2D eigenvalue weighted by Crippen LogP contribution is -2.40. The summed E-state index contributed by atoms with van der Waals surface area (Å²) in [6, 6.07) is 24.2. The van der Waals surface area contributed by atoms with Crippen LogP contribution in [0.3, 0.4) is 0 Å². The van der Waals surface area contributed by atoms with Gasteiger partial charge in [-0.2, -0.15) is 0 Å². The number of esters is 1. The maximum atomic E-state index is 13.9. The monoisotopic (exact) mass is 540 g/mol. The molecular formula is C31H28N2O5S. The lowest BCUT2D eigenvalue weighted by atomic mass is 9.95. The highest BCUT2D eigenvalue weighted by Crippen LogP contribution is 2.35. The Labute approximate surface area is 229 Å². The van der Waals surface area contributed by atoms with Crippen LogP contribution in [0.15, 0.2) is 99.9 Å². The summed E-state index contributed by atoms with van der Waals surface area (Å²) in [6.45, 7) is 4.17. The van der Waals surface area contributed by atoms with Crippen LogP contribution in [0.2, 0.25) is 0 Å². The SMILES string of the molecule is CCOC(=O)C1=C(C)N=c2s/c(=C/c3cccc(OCc4ccccc4)c3)c(=O)n2[C@@H]1c1ccccc1OC. The summed E-state index contributed by atoms with van der Waals surface area (Å²) in [7, 11) is 1.57. The number of hydrogen-bond acceptors (Lipinski definition) is 7. The van der Waals surface area contributed by atoms with E-state index in [9.17, 15) is 9.59 Å². The second-order valence-corrected chi connectivity index (χ2v) is 9.90. The third-order valence-corrected chi connectivity index (χ3v) is 7.34. The van der Waals surface area contributed by atoms with Crippen LogP contribution in [0.5, 0.6) is 11.5 Å². The molecule has 0 unspecified atom stereocenters. The zero-order valence-electron chi connectivity index (χ0n) is 21.9. The number of fused-ring (bicyclic) bond motifs is 1. The summed E-state index contributed by atoms with van der Waals surface area (Å²) in [5.41, 5.74) is 3.15. The van der Waals surface area contributed by atoms with Crippen molar-refractivity contribution in [3.8, 4) is 11.5 Å². The van der Waals surface area contributed by atoms with Gasteiger partial charge in [-0.05, 0) is 49.2 Å². The molecule has 7 nitrogen and oxygen atoms in total. The first-order valence-corrected chi connectivity index (χ1v) is 13.4. The first-order chi connectivity index (χ1) is 19.0. The van der Waals surface area contributed by atoms with Gasteiger partial charge in [0.25, 0.3) is 5.56 Å². The van der Waals surface area contributed by atoms with Crippen molar-refractivity contribution in [3.63, 3.8) is 0 Å². The molecule has 1 atom stereocenters. The quantitative estimate of drug-likeness (QED) is 0.310. The molecule has 0 saturated carbocycles. The van der Waals surface area contributed by atoms with Gasteiger partial charge in [-0.3, -0.25) is 9.36 Å². The highest BCUT2D eigenvalue weighted by molar-refractivity contribution is 7.07. The van der Waals surface area contributed by atoms with Crippen LogP contribution in [-0.2, 0) is 16.1 Å². The molecule has 0 bridgehead atoms. The predicted molar refractivity (Wildman–Crippen MR) is 151 cm³/mol. The Bertz CT molecular complexity index is 1720. The first kappa shape index (κ1) is 26.2.